The van der Waals surface area contributed by atoms with Crippen molar-refractivity contribution in [2.75, 3.05) is 7.05 Å². The Bertz CT molecular complexity index is 590. The SMILES string of the molecule is CNC(=O)c1c(-c2ccc(F)cc2)noc1C(C)O. The first kappa shape index (κ1) is 13.2. The molecule has 0 aliphatic carbocycles. The fraction of sp³-hybridized carbons (Fsp3) is 0.231. The van der Waals surface area contributed by atoms with Crippen LogP contribution in [-0.4, -0.2) is 23.2 Å². The number of aromatic nitrogens is 1. The van der Waals surface area contributed by atoms with Gasteiger partial charge in [0.15, 0.2) is 5.76 Å². The molecular weight excluding hydrogens is 251 g/mol. The first-order valence-electron chi connectivity index (χ1n) is 5.70. The third kappa shape index (κ3) is 2.48. The maximum atomic E-state index is 12.9. The van der Waals surface area contributed by atoms with Gasteiger partial charge in [-0.1, -0.05) is 5.16 Å². The number of rotatable bonds is 3. The summed E-state index contributed by atoms with van der Waals surface area (Å²) in [4.78, 5) is 11.9. The van der Waals surface area contributed by atoms with E-state index in [1.165, 1.54) is 38.2 Å². The summed E-state index contributed by atoms with van der Waals surface area (Å²) >= 11 is 0. The molecule has 1 unspecified atom stereocenters. The van der Waals surface area contributed by atoms with E-state index in [0.717, 1.165) is 0 Å². The van der Waals surface area contributed by atoms with Crippen LogP contribution in [0.15, 0.2) is 28.8 Å². The van der Waals surface area contributed by atoms with Crippen LogP contribution >= 0.6 is 0 Å². The van der Waals surface area contributed by atoms with E-state index in [9.17, 15) is 14.3 Å². The molecule has 100 valence electrons. The zero-order chi connectivity index (χ0) is 14.0. The average molecular weight is 264 g/mol. The van der Waals surface area contributed by atoms with E-state index in [4.69, 9.17) is 4.52 Å². The zero-order valence-electron chi connectivity index (χ0n) is 10.5. The lowest BCUT2D eigenvalue weighted by atomic mass is 10.0. The topological polar surface area (TPSA) is 75.4 Å². The van der Waals surface area contributed by atoms with Crippen LogP contribution in [0.3, 0.4) is 0 Å². The van der Waals surface area contributed by atoms with Crippen molar-refractivity contribution in [3.63, 3.8) is 0 Å². The highest BCUT2D eigenvalue weighted by atomic mass is 19.1. The summed E-state index contributed by atoms with van der Waals surface area (Å²) in [7, 11) is 1.47. The maximum absolute atomic E-state index is 12.9. The van der Waals surface area contributed by atoms with Gasteiger partial charge in [0.25, 0.3) is 5.91 Å². The van der Waals surface area contributed by atoms with Crippen molar-refractivity contribution in [3.8, 4) is 11.3 Å². The lowest BCUT2D eigenvalue weighted by Gasteiger charge is -2.04. The van der Waals surface area contributed by atoms with Crippen molar-refractivity contribution in [1.29, 1.82) is 0 Å². The molecule has 0 aliphatic rings. The van der Waals surface area contributed by atoms with Crippen LogP contribution in [-0.2, 0) is 0 Å². The lowest BCUT2D eigenvalue weighted by molar-refractivity contribution is 0.0950. The van der Waals surface area contributed by atoms with Gasteiger partial charge in [-0.3, -0.25) is 4.79 Å². The number of halogens is 1. The van der Waals surface area contributed by atoms with Crippen LogP contribution in [0.1, 0.15) is 29.1 Å². The summed E-state index contributed by atoms with van der Waals surface area (Å²) in [5.74, 6) is -0.723. The van der Waals surface area contributed by atoms with E-state index in [-0.39, 0.29) is 22.8 Å². The largest absolute Gasteiger partial charge is 0.385 e. The Labute approximate surface area is 109 Å². The highest BCUT2D eigenvalue weighted by Gasteiger charge is 2.25. The van der Waals surface area contributed by atoms with Crippen LogP contribution < -0.4 is 5.32 Å². The zero-order valence-corrected chi connectivity index (χ0v) is 10.5. The van der Waals surface area contributed by atoms with Crippen LogP contribution in [0.25, 0.3) is 11.3 Å². The average Bonchev–Trinajstić information content (AvgIpc) is 2.83. The van der Waals surface area contributed by atoms with Crippen molar-refractivity contribution in [3.05, 3.63) is 41.4 Å². The smallest absolute Gasteiger partial charge is 0.257 e. The minimum Gasteiger partial charge on any atom is -0.385 e. The number of hydrogen-bond donors (Lipinski definition) is 2. The Morgan fingerprint density at radius 2 is 2.05 bits per heavy atom. The van der Waals surface area contributed by atoms with E-state index in [2.05, 4.69) is 10.5 Å². The molecule has 0 saturated heterocycles. The molecule has 0 aliphatic heterocycles. The number of amides is 1. The summed E-state index contributed by atoms with van der Waals surface area (Å²) in [6, 6.07) is 5.51. The highest BCUT2D eigenvalue weighted by molar-refractivity contribution is 6.00. The Morgan fingerprint density at radius 1 is 1.42 bits per heavy atom. The molecule has 0 radical (unpaired) electrons. The first-order chi connectivity index (χ1) is 9.04. The minimum atomic E-state index is -0.964. The second kappa shape index (κ2) is 5.19. The fourth-order valence-corrected chi connectivity index (χ4v) is 1.74. The van der Waals surface area contributed by atoms with Crippen LogP contribution in [0.5, 0.6) is 0 Å². The van der Waals surface area contributed by atoms with E-state index in [1.807, 2.05) is 0 Å². The van der Waals surface area contributed by atoms with Crippen molar-refractivity contribution in [1.82, 2.24) is 10.5 Å². The van der Waals surface area contributed by atoms with Gasteiger partial charge in [0.05, 0.1) is 0 Å². The van der Waals surface area contributed by atoms with Gasteiger partial charge in [-0.25, -0.2) is 4.39 Å². The fourth-order valence-electron chi connectivity index (χ4n) is 1.74. The van der Waals surface area contributed by atoms with Gasteiger partial charge in [-0.05, 0) is 31.2 Å². The number of nitrogens with zero attached hydrogens (tertiary/aromatic N) is 1. The molecule has 0 fully saturated rings. The number of carbonyl (C=O) groups is 1. The molecule has 0 bridgehead atoms. The Morgan fingerprint density at radius 3 is 2.58 bits per heavy atom. The molecule has 19 heavy (non-hydrogen) atoms. The molecule has 1 atom stereocenters. The summed E-state index contributed by atoms with van der Waals surface area (Å²) in [6.07, 6.45) is -0.964. The molecule has 1 heterocycles. The molecule has 1 aromatic carbocycles. The molecule has 0 spiro atoms. The van der Waals surface area contributed by atoms with E-state index in [0.29, 0.717) is 5.56 Å². The van der Waals surface area contributed by atoms with Gasteiger partial charge in [0, 0.05) is 12.6 Å². The van der Waals surface area contributed by atoms with Gasteiger partial charge in [0.1, 0.15) is 23.2 Å². The van der Waals surface area contributed by atoms with Crippen molar-refractivity contribution < 1.29 is 18.8 Å². The molecule has 1 amide bonds. The number of hydrogen-bond acceptors (Lipinski definition) is 4. The normalized spacial score (nSPS) is 12.2. The molecule has 2 aromatic rings. The van der Waals surface area contributed by atoms with Crippen molar-refractivity contribution in [2.45, 2.75) is 13.0 Å². The van der Waals surface area contributed by atoms with Gasteiger partial charge >= 0.3 is 0 Å². The number of aliphatic hydroxyl groups is 1. The lowest BCUT2D eigenvalue weighted by Crippen LogP contribution is -2.20. The standard InChI is InChI=1S/C13H13FN2O3/c1-7(17)12-10(13(18)15-2)11(16-19-12)8-3-5-9(14)6-4-8/h3-7,17H,1-2H3,(H,15,18). The predicted molar refractivity (Wildman–Crippen MR) is 65.9 cm³/mol. The Kier molecular flexibility index (Phi) is 3.62. The molecule has 2 N–H and O–H groups in total. The summed E-state index contributed by atoms with van der Waals surface area (Å²) in [6.45, 7) is 1.47. The van der Waals surface area contributed by atoms with E-state index < -0.39 is 12.0 Å². The Balaban J connectivity index is 2.57. The Hall–Kier alpha value is -2.21. The monoisotopic (exact) mass is 264 g/mol. The number of carbonyl (C=O) groups excluding carboxylic acids is 1. The minimum absolute atomic E-state index is 0.0821. The quantitative estimate of drug-likeness (QED) is 0.887. The van der Waals surface area contributed by atoms with Gasteiger partial charge in [0.2, 0.25) is 0 Å². The number of nitrogens with one attached hydrogen (secondary N) is 1. The molecule has 0 saturated carbocycles. The van der Waals surface area contributed by atoms with Crippen LogP contribution in [0.2, 0.25) is 0 Å². The molecule has 5 nitrogen and oxygen atoms in total. The van der Waals surface area contributed by atoms with E-state index >= 15 is 0 Å². The van der Waals surface area contributed by atoms with Gasteiger partial charge in [-0.15, -0.1) is 0 Å². The predicted octanol–water partition coefficient (Wildman–Crippen LogP) is 1.89. The summed E-state index contributed by atoms with van der Waals surface area (Å²) < 4.78 is 17.9. The third-order valence-corrected chi connectivity index (χ3v) is 2.67. The molecule has 1 aromatic heterocycles. The van der Waals surface area contributed by atoms with Crippen LogP contribution in [0.4, 0.5) is 4.39 Å². The summed E-state index contributed by atoms with van der Waals surface area (Å²) in [5, 5.41) is 15.8. The number of aliphatic hydroxyl groups excluding tert-OH is 1. The van der Waals surface area contributed by atoms with Crippen LogP contribution in [0, 0.1) is 5.82 Å². The van der Waals surface area contributed by atoms with Gasteiger partial charge < -0.3 is 14.9 Å². The molecule has 6 heteroatoms. The second-order valence-corrected chi connectivity index (χ2v) is 4.03. The van der Waals surface area contributed by atoms with Crippen molar-refractivity contribution in [2.24, 2.45) is 0 Å². The molecular formula is C13H13FN2O3. The first-order valence-corrected chi connectivity index (χ1v) is 5.70. The maximum Gasteiger partial charge on any atom is 0.257 e. The molecule has 2 rings (SSSR count). The van der Waals surface area contributed by atoms with Crippen molar-refractivity contribution >= 4 is 5.91 Å². The van der Waals surface area contributed by atoms with E-state index in [1.54, 1.807) is 0 Å². The van der Waals surface area contributed by atoms with Gasteiger partial charge in [-0.2, -0.15) is 0 Å². The third-order valence-electron chi connectivity index (χ3n) is 2.67. The number of benzene rings is 1. The highest BCUT2D eigenvalue weighted by Crippen LogP contribution is 2.29. The second-order valence-electron chi connectivity index (χ2n) is 4.03. The summed E-state index contributed by atoms with van der Waals surface area (Å²) in [5.41, 5.74) is 0.968.